The van der Waals surface area contributed by atoms with E-state index in [0.29, 0.717) is 0 Å². The van der Waals surface area contributed by atoms with Crippen LogP contribution in [0.5, 0.6) is 0 Å². The van der Waals surface area contributed by atoms with E-state index in [9.17, 15) is 0 Å². The van der Waals surface area contributed by atoms with Gasteiger partial charge in [-0.25, -0.2) is 0 Å². The second-order valence-corrected chi connectivity index (χ2v) is 19.3. The second kappa shape index (κ2) is 13.4. The maximum Gasteiger partial charge on any atom is 0.235 e. The summed E-state index contributed by atoms with van der Waals surface area (Å²) in [6.45, 7) is 4.84. The highest BCUT2D eigenvalue weighted by Gasteiger charge is 2.51. The lowest BCUT2D eigenvalue weighted by molar-refractivity contribution is 0.659. The summed E-state index contributed by atoms with van der Waals surface area (Å²) in [5.41, 5.74) is 27.7. The van der Waals surface area contributed by atoms with Crippen molar-refractivity contribution >= 4 is 68.1 Å². The van der Waals surface area contributed by atoms with E-state index in [0.717, 1.165) is 0 Å². The van der Waals surface area contributed by atoms with Gasteiger partial charge in [0.2, 0.25) is 34.2 Å². The number of hydrogen-bond donors (Lipinski definition) is 0. The molecule has 4 heterocycles. The average Bonchev–Trinajstić information content (AvgIpc) is 3.98. The third-order valence-corrected chi connectivity index (χ3v) is 15.5. The topological polar surface area (TPSA) is 12.5 Å². The molecule has 0 radical (unpaired) electrons. The SMILES string of the molecule is CC1(C)c2cc([N+]3=C4C=CC=C5c6cc(-c7ccccc7)ccc6N(c6ccccc63)C54)ccc2-c2ccc([N+]3=C4C=CC=C5c6cc(-c7ccccc7)ccc6N(c6ccccc63)C54)cc21. The molecule has 2 atom stereocenters. The smallest absolute Gasteiger partial charge is 0.235 e. The fourth-order valence-electron chi connectivity index (χ4n) is 12.5. The number of fused-ring (bicyclic) bond motifs is 13. The van der Waals surface area contributed by atoms with Gasteiger partial charge < -0.3 is 9.80 Å². The summed E-state index contributed by atoms with van der Waals surface area (Å²) >= 11 is 0. The van der Waals surface area contributed by atoms with Crippen molar-refractivity contribution in [2.24, 2.45) is 0 Å². The molecule has 0 saturated heterocycles. The number of nitrogens with zero attached hydrogens (tertiary/aromatic N) is 4. The molecule has 3 aliphatic carbocycles. The minimum atomic E-state index is -0.246. The summed E-state index contributed by atoms with van der Waals surface area (Å²) in [5, 5.41) is 0. The van der Waals surface area contributed by atoms with Crippen molar-refractivity contribution in [3.05, 3.63) is 241 Å². The zero-order valence-corrected chi connectivity index (χ0v) is 37.2. The van der Waals surface area contributed by atoms with Gasteiger partial charge in [0, 0.05) is 65.1 Å². The number of para-hydroxylation sites is 4. The summed E-state index contributed by atoms with van der Waals surface area (Å²) in [5.74, 6) is 0. The van der Waals surface area contributed by atoms with Gasteiger partial charge in [0.1, 0.15) is 23.5 Å². The Hall–Kier alpha value is -8.34. The summed E-state index contributed by atoms with van der Waals surface area (Å²) < 4.78 is 5.06. The van der Waals surface area contributed by atoms with Crippen molar-refractivity contribution in [2.75, 3.05) is 9.80 Å². The number of benzene rings is 8. The molecule has 4 heteroatoms. The molecular weight excluding hydrogens is 813 g/mol. The molecule has 0 N–H and O–H groups in total. The van der Waals surface area contributed by atoms with Crippen molar-refractivity contribution in [1.29, 1.82) is 0 Å². The molecule has 67 heavy (non-hydrogen) atoms. The number of allylic oxidation sites excluding steroid dienone is 4. The molecule has 4 aliphatic heterocycles. The number of anilines is 4. The number of hydrogen-bond acceptors (Lipinski definition) is 2. The van der Waals surface area contributed by atoms with Crippen LogP contribution >= 0.6 is 0 Å². The van der Waals surface area contributed by atoms with Gasteiger partial charge >= 0.3 is 0 Å². The Morgan fingerprint density at radius 1 is 0.388 bits per heavy atom. The Kier molecular flexibility index (Phi) is 7.37. The van der Waals surface area contributed by atoms with E-state index >= 15 is 0 Å². The minimum Gasteiger partial charge on any atom is -0.318 e. The summed E-state index contributed by atoms with van der Waals surface area (Å²) in [6, 6.07) is 68.0. The molecule has 0 fully saturated rings. The minimum absolute atomic E-state index is 0.0746. The maximum atomic E-state index is 2.57. The highest BCUT2D eigenvalue weighted by molar-refractivity contribution is 6.22. The first kappa shape index (κ1) is 36.9. The molecular formula is C63H44N4+2. The van der Waals surface area contributed by atoms with Gasteiger partial charge in [-0.3, -0.25) is 0 Å². The van der Waals surface area contributed by atoms with E-state index < -0.39 is 0 Å². The molecule has 8 aromatic rings. The highest BCUT2D eigenvalue weighted by atomic mass is 15.3. The molecule has 0 aromatic heterocycles. The van der Waals surface area contributed by atoms with Crippen molar-refractivity contribution in [3.8, 4) is 33.4 Å². The standard InChI is InChI=1S/C63H44N4/c1-63(2)51-37-43(64-55-21-9-11-23-57(55)66-53-33-27-41(39-15-5-3-6-16-39)35-49(53)47-19-13-25-59(64)61(47)66)29-31-45(51)46-32-30-44(38-52(46)63)65-56-22-10-12-24-58(56)67-54-34-28-42(40-17-7-4-8-18-40)36-50(54)48-20-14-26-60(65)62(48)67/h3-38,61-62H,1-2H3/q+2. The van der Waals surface area contributed by atoms with E-state index in [1.165, 1.54) is 124 Å². The van der Waals surface area contributed by atoms with E-state index in [4.69, 9.17) is 0 Å². The van der Waals surface area contributed by atoms with Crippen molar-refractivity contribution in [3.63, 3.8) is 0 Å². The fourth-order valence-corrected chi connectivity index (χ4v) is 12.5. The molecule has 4 nitrogen and oxygen atoms in total. The van der Waals surface area contributed by atoms with Crippen LogP contribution in [0.25, 0.3) is 44.5 Å². The third-order valence-electron chi connectivity index (χ3n) is 15.5. The fraction of sp³-hybridized carbons (Fsp3) is 0.0794. The van der Waals surface area contributed by atoms with Crippen molar-refractivity contribution < 1.29 is 0 Å². The zero-order chi connectivity index (χ0) is 44.1. The lowest BCUT2D eigenvalue weighted by Gasteiger charge is -2.33. The molecule has 0 amide bonds. The Morgan fingerprint density at radius 3 is 1.28 bits per heavy atom. The van der Waals surface area contributed by atoms with Gasteiger partial charge in [-0.05, 0) is 104 Å². The monoisotopic (exact) mass is 856 g/mol. The molecule has 314 valence electrons. The van der Waals surface area contributed by atoms with Crippen LogP contribution in [0, 0.1) is 0 Å². The molecule has 15 rings (SSSR count). The Morgan fingerprint density at radius 2 is 0.821 bits per heavy atom. The van der Waals surface area contributed by atoms with E-state index in [1.54, 1.807) is 0 Å². The van der Waals surface area contributed by atoms with Gasteiger partial charge in [0.15, 0.2) is 0 Å². The largest absolute Gasteiger partial charge is 0.318 e. The second-order valence-electron chi connectivity index (χ2n) is 19.3. The molecule has 0 saturated carbocycles. The van der Waals surface area contributed by atoms with Crippen LogP contribution in [0.4, 0.5) is 45.5 Å². The van der Waals surface area contributed by atoms with Crippen LogP contribution < -0.4 is 19.0 Å². The summed E-state index contributed by atoms with van der Waals surface area (Å²) in [6.07, 6.45) is 13.8. The van der Waals surface area contributed by atoms with Crippen LogP contribution in [0.1, 0.15) is 36.1 Å². The lowest BCUT2D eigenvalue weighted by atomic mass is 9.82. The predicted octanol–water partition coefficient (Wildman–Crippen LogP) is 14.9. The highest BCUT2D eigenvalue weighted by Crippen LogP contribution is 2.57. The van der Waals surface area contributed by atoms with Crippen molar-refractivity contribution in [1.82, 2.24) is 9.15 Å². The predicted molar refractivity (Wildman–Crippen MR) is 280 cm³/mol. The lowest BCUT2D eigenvalue weighted by Crippen LogP contribution is -2.43. The van der Waals surface area contributed by atoms with E-state index in [-0.39, 0.29) is 17.5 Å². The van der Waals surface area contributed by atoms with Gasteiger partial charge in [-0.2, -0.15) is 9.15 Å². The zero-order valence-electron chi connectivity index (χ0n) is 37.2. The average molecular weight is 857 g/mol. The van der Waals surface area contributed by atoms with Gasteiger partial charge in [0.25, 0.3) is 0 Å². The maximum absolute atomic E-state index is 2.57. The van der Waals surface area contributed by atoms with Gasteiger partial charge in [-0.1, -0.05) is 135 Å². The van der Waals surface area contributed by atoms with Crippen LogP contribution in [-0.4, -0.2) is 23.5 Å². The van der Waals surface area contributed by atoms with Crippen LogP contribution in [0.15, 0.2) is 218 Å². The van der Waals surface area contributed by atoms with Crippen LogP contribution in [0.3, 0.4) is 0 Å². The van der Waals surface area contributed by atoms with Gasteiger partial charge in [0.05, 0.1) is 11.4 Å². The summed E-state index contributed by atoms with van der Waals surface area (Å²) in [7, 11) is 0. The van der Waals surface area contributed by atoms with Crippen LogP contribution in [-0.2, 0) is 5.41 Å². The van der Waals surface area contributed by atoms with E-state index in [2.05, 4.69) is 251 Å². The first-order chi connectivity index (χ1) is 33.0. The van der Waals surface area contributed by atoms with Crippen molar-refractivity contribution in [2.45, 2.75) is 31.3 Å². The van der Waals surface area contributed by atoms with E-state index in [1.807, 2.05) is 0 Å². The molecule has 0 bridgehead atoms. The summed E-state index contributed by atoms with van der Waals surface area (Å²) in [4.78, 5) is 5.13. The Balaban J connectivity index is 0.836. The van der Waals surface area contributed by atoms with Crippen LogP contribution in [0.2, 0.25) is 0 Å². The normalized spacial score (nSPS) is 18.9. The third kappa shape index (κ3) is 4.97. The first-order valence-electron chi connectivity index (χ1n) is 23.6. The molecule has 2 unspecified atom stereocenters. The molecule has 8 aromatic carbocycles. The quantitative estimate of drug-likeness (QED) is 0.164. The van der Waals surface area contributed by atoms with Gasteiger partial charge in [-0.15, -0.1) is 0 Å². The Bertz CT molecular complexity index is 3480. The number of rotatable bonds is 4. The Labute approximate surface area is 390 Å². The first-order valence-corrected chi connectivity index (χ1v) is 23.6. The molecule has 7 aliphatic rings. The molecule has 0 spiro atoms.